The molecule has 2 aliphatic heterocycles. The van der Waals surface area contributed by atoms with Gasteiger partial charge in [0, 0.05) is 5.92 Å². The predicted molar refractivity (Wildman–Crippen MR) is 95.2 cm³/mol. The van der Waals surface area contributed by atoms with Gasteiger partial charge in [0.1, 0.15) is 0 Å². The van der Waals surface area contributed by atoms with Crippen LogP contribution in [-0.2, 0) is 14.8 Å². The maximum Gasteiger partial charge on any atom is 0.240 e. The van der Waals surface area contributed by atoms with Crippen molar-refractivity contribution in [1.82, 2.24) is 4.72 Å². The highest BCUT2D eigenvalue weighted by molar-refractivity contribution is 7.89. The second kappa shape index (κ2) is 7.81. The smallest absolute Gasteiger partial charge is 0.240 e. The summed E-state index contributed by atoms with van der Waals surface area (Å²) in [7, 11) is -3.49. The van der Waals surface area contributed by atoms with Gasteiger partial charge in [-0.3, -0.25) is 0 Å². The van der Waals surface area contributed by atoms with Crippen LogP contribution >= 0.6 is 0 Å². The molecule has 2 saturated heterocycles. The van der Waals surface area contributed by atoms with Gasteiger partial charge < -0.3 is 4.74 Å². The molecule has 2 heterocycles. The lowest BCUT2D eigenvalue weighted by atomic mass is 9.83. The maximum absolute atomic E-state index is 12.6. The number of benzene rings is 1. The van der Waals surface area contributed by atoms with E-state index in [0.717, 1.165) is 25.7 Å². The van der Waals surface area contributed by atoms with Crippen molar-refractivity contribution in [3.05, 3.63) is 42.5 Å². The zero-order valence-corrected chi connectivity index (χ0v) is 15.0. The predicted octanol–water partition coefficient (Wildman–Crippen LogP) is 3.65. The Balaban J connectivity index is 1.67. The molecular formula is C19H27NO3S. The summed E-state index contributed by atoms with van der Waals surface area (Å²) in [4.78, 5) is 0.324. The first-order valence-corrected chi connectivity index (χ1v) is 10.5. The average molecular weight is 349 g/mol. The van der Waals surface area contributed by atoms with E-state index < -0.39 is 10.0 Å². The van der Waals surface area contributed by atoms with Gasteiger partial charge in [-0.25, -0.2) is 13.1 Å². The van der Waals surface area contributed by atoms with Crippen LogP contribution in [0.1, 0.15) is 45.4 Å². The van der Waals surface area contributed by atoms with Crippen molar-refractivity contribution in [2.75, 3.05) is 0 Å². The molecule has 0 aromatic heterocycles. The van der Waals surface area contributed by atoms with Gasteiger partial charge in [0.05, 0.1) is 23.1 Å². The van der Waals surface area contributed by atoms with Gasteiger partial charge in [-0.05, 0) is 37.8 Å². The van der Waals surface area contributed by atoms with E-state index in [1.165, 1.54) is 12.8 Å². The molecule has 0 saturated carbocycles. The molecule has 3 rings (SSSR count). The number of hydrogen-bond donors (Lipinski definition) is 1. The summed E-state index contributed by atoms with van der Waals surface area (Å²) < 4.78 is 34.2. The van der Waals surface area contributed by atoms with Crippen molar-refractivity contribution in [3.8, 4) is 0 Å². The second-order valence-corrected chi connectivity index (χ2v) is 8.48. The van der Waals surface area contributed by atoms with Crippen molar-refractivity contribution in [1.29, 1.82) is 0 Å². The summed E-state index contributed by atoms with van der Waals surface area (Å²) in [6.45, 7) is 2.19. The largest absolute Gasteiger partial charge is 0.373 e. The highest BCUT2D eigenvalue weighted by atomic mass is 32.2. The highest BCUT2D eigenvalue weighted by Gasteiger charge is 2.49. The summed E-state index contributed by atoms with van der Waals surface area (Å²) in [6.07, 6.45) is 11.0. The summed E-state index contributed by atoms with van der Waals surface area (Å²) in [5.74, 6) is 0.236. The number of ether oxygens (including phenoxy) is 1. The number of sulfonamides is 1. The minimum absolute atomic E-state index is 0.0162. The van der Waals surface area contributed by atoms with Crippen molar-refractivity contribution < 1.29 is 13.2 Å². The Kier molecular flexibility index (Phi) is 5.74. The van der Waals surface area contributed by atoms with Gasteiger partial charge in [-0.15, -0.1) is 0 Å². The molecule has 0 amide bonds. The first-order valence-electron chi connectivity index (χ1n) is 8.99. The molecule has 132 valence electrons. The minimum atomic E-state index is -3.49. The minimum Gasteiger partial charge on any atom is -0.373 e. The Morgan fingerprint density at radius 3 is 2.67 bits per heavy atom. The fourth-order valence-electron chi connectivity index (χ4n) is 3.78. The van der Waals surface area contributed by atoms with Gasteiger partial charge in [0.15, 0.2) is 0 Å². The van der Waals surface area contributed by atoms with E-state index in [4.69, 9.17) is 4.74 Å². The van der Waals surface area contributed by atoms with Crippen LogP contribution in [0.2, 0.25) is 0 Å². The number of rotatable bonds is 8. The maximum atomic E-state index is 12.6. The lowest BCUT2D eigenvalue weighted by Gasteiger charge is -2.27. The molecule has 4 nitrogen and oxygen atoms in total. The fourth-order valence-corrected chi connectivity index (χ4v) is 5.11. The Morgan fingerprint density at radius 2 is 1.92 bits per heavy atom. The molecule has 4 atom stereocenters. The lowest BCUT2D eigenvalue weighted by Crippen LogP contribution is -2.46. The van der Waals surface area contributed by atoms with Crippen LogP contribution in [0.5, 0.6) is 0 Å². The fraction of sp³-hybridized carbons (Fsp3) is 0.579. The normalized spacial score (nSPS) is 29.5. The Morgan fingerprint density at radius 1 is 1.17 bits per heavy atom. The van der Waals surface area contributed by atoms with Crippen LogP contribution in [0.4, 0.5) is 0 Å². The molecule has 2 bridgehead atoms. The molecule has 1 aromatic carbocycles. The van der Waals surface area contributed by atoms with E-state index >= 15 is 0 Å². The molecule has 24 heavy (non-hydrogen) atoms. The van der Waals surface area contributed by atoms with Crippen LogP contribution in [0, 0.1) is 5.92 Å². The summed E-state index contributed by atoms with van der Waals surface area (Å²) in [5, 5.41) is 0. The SMILES string of the molecule is CCCCC=CCC1C2CCC(O2)C1NS(=O)(=O)c1ccccc1. The molecule has 4 unspecified atom stereocenters. The van der Waals surface area contributed by atoms with Crippen LogP contribution in [-0.4, -0.2) is 26.7 Å². The monoisotopic (exact) mass is 349 g/mol. The number of fused-ring (bicyclic) bond motifs is 2. The van der Waals surface area contributed by atoms with Crippen LogP contribution in [0.15, 0.2) is 47.4 Å². The molecule has 1 aromatic rings. The van der Waals surface area contributed by atoms with Gasteiger partial charge in [-0.1, -0.05) is 50.1 Å². The van der Waals surface area contributed by atoms with Gasteiger partial charge in [-0.2, -0.15) is 0 Å². The number of unbranched alkanes of at least 4 members (excludes halogenated alkanes) is 2. The van der Waals surface area contributed by atoms with Crippen molar-refractivity contribution in [3.63, 3.8) is 0 Å². The first-order chi connectivity index (χ1) is 11.6. The summed E-state index contributed by atoms with van der Waals surface area (Å²) >= 11 is 0. The van der Waals surface area contributed by atoms with E-state index in [1.54, 1.807) is 24.3 Å². The summed E-state index contributed by atoms with van der Waals surface area (Å²) in [5.41, 5.74) is 0. The Hall–Kier alpha value is -1.17. The molecule has 5 heteroatoms. The molecule has 0 spiro atoms. The third-order valence-corrected chi connectivity index (χ3v) is 6.54. The second-order valence-electron chi connectivity index (χ2n) is 6.76. The quantitative estimate of drug-likeness (QED) is 0.576. The number of allylic oxidation sites excluding steroid dienone is 2. The topological polar surface area (TPSA) is 55.4 Å². The zero-order chi connectivity index (χ0) is 17.0. The molecule has 2 aliphatic rings. The van der Waals surface area contributed by atoms with Crippen molar-refractivity contribution >= 4 is 10.0 Å². The van der Waals surface area contributed by atoms with Crippen molar-refractivity contribution in [2.45, 2.75) is 68.6 Å². The van der Waals surface area contributed by atoms with E-state index in [2.05, 4.69) is 23.8 Å². The van der Waals surface area contributed by atoms with Crippen LogP contribution < -0.4 is 4.72 Å². The molecular weight excluding hydrogens is 322 g/mol. The lowest BCUT2D eigenvalue weighted by molar-refractivity contribution is 0.0907. The molecule has 0 aliphatic carbocycles. The average Bonchev–Trinajstić information content (AvgIpc) is 3.18. The zero-order valence-electron chi connectivity index (χ0n) is 14.2. The first kappa shape index (κ1) is 17.6. The Bertz CT molecular complexity index is 656. The van der Waals surface area contributed by atoms with Gasteiger partial charge in [0.2, 0.25) is 10.0 Å². The molecule has 1 N–H and O–H groups in total. The van der Waals surface area contributed by atoms with Crippen molar-refractivity contribution in [2.24, 2.45) is 5.92 Å². The third kappa shape index (κ3) is 3.90. The van der Waals surface area contributed by atoms with E-state index in [-0.39, 0.29) is 24.2 Å². The molecule has 0 radical (unpaired) electrons. The molecule has 2 fully saturated rings. The highest BCUT2D eigenvalue weighted by Crippen LogP contribution is 2.41. The number of hydrogen-bond acceptors (Lipinski definition) is 3. The summed E-state index contributed by atoms with van der Waals surface area (Å²) in [6, 6.07) is 8.47. The Labute approximate surface area is 145 Å². The standard InChI is InChI=1S/C19H27NO3S/c1-2-3-4-5-9-12-16-17-13-14-18(23-17)19(16)20-24(21,22)15-10-7-6-8-11-15/h5-11,16-20H,2-4,12-14H2,1H3. The van der Waals surface area contributed by atoms with Crippen LogP contribution in [0.25, 0.3) is 0 Å². The van der Waals surface area contributed by atoms with Crippen LogP contribution in [0.3, 0.4) is 0 Å². The van der Waals surface area contributed by atoms with Gasteiger partial charge >= 0.3 is 0 Å². The number of nitrogens with one attached hydrogen (secondary N) is 1. The third-order valence-electron chi connectivity index (χ3n) is 5.07. The van der Waals surface area contributed by atoms with E-state index in [1.807, 2.05) is 6.07 Å². The van der Waals surface area contributed by atoms with E-state index in [9.17, 15) is 8.42 Å². The van der Waals surface area contributed by atoms with Gasteiger partial charge in [0.25, 0.3) is 0 Å². The van der Waals surface area contributed by atoms with E-state index in [0.29, 0.717) is 4.90 Å².